The molecule has 0 spiro atoms. The number of anilines is 1. The van der Waals surface area contributed by atoms with Crippen LogP contribution in [0.5, 0.6) is 0 Å². The quantitative estimate of drug-likeness (QED) is 0.199. The highest BCUT2D eigenvalue weighted by molar-refractivity contribution is 8.00. The lowest BCUT2D eigenvalue weighted by Gasteiger charge is -2.04. The predicted molar refractivity (Wildman–Crippen MR) is 129 cm³/mol. The van der Waals surface area contributed by atoms with E-state index in [1.807, 2.05) is 55.5 Å². The van der Waals surface area contributed by atoms with Crippen molar-refractivity contribution in [3.63, 3.8) is 0 Å². The zero-order valence-electron chi connectivity index (χ0n) is 17.7. The number of nitrogens with one attached hydrogen (secondary N) is 1. The lowest BCUT2D eigenvalue weighted by Crippen LogP contribution is -2.20. The van der Waals surface area contributed by atoms with Crippen molar-refractivity contribution in [2.24, 2.45) is 5.10 Å². The molecule has 0 unspecified atom stereocenters. The lowest BCUT2D eigenvalue weighted by molar-refractivity contribution is 0.0949. The van der Waals surface area contributed by atoms with E-state index in [1.54, 1.807) is 17.6 Å². The third-order valence-corrected chi connectivity index (χ3v) is 7.03. The van der Waals surface area contributed by atoms with Crippen LogP contribution in [-0.2, 0) is 5.75 Å². The summed E-state index contributed by atoms with van der Waals surface area (Å²) in [7, 11) is 0. The van der Waals surface area contributed by atoms with Crippen LogP contribution in [-0.4, -0.2) is 42.4 Å². The van der Waals surface area contributed by atoms with E-state index in [0.717, 1.165) is 25.7 Å². The molecule has 0 saturated heterocycles. The summed E-state index contributed by atoms with van der Waals surface area (Å²) in [5.41, 5.74) is 11.7. The first-order valence-electron chi connectivity index (χ1n) is 10.0. The normalized spacial score (nSPS) is 11.4. The first-order valence-corrected chi connectivity index (χ1v) is 11.8. The number of thiazole rings is 1. The van der Waals surface area contributed by atoms with Crippen molar-refractivity contribution < 1.29 is 9.42 Å². The molecule has 2 aromatic carbocycles. The molecule has 5 aromatic rings. The third-order valence-electron chi connectivity index (χ3n) is 4.84. The van der Waals surface area contributed by atoms with Gasteiger partial charge in [0.15, 0.2) is 10.0 Å². The van der Waals surface area contributed by atoms with E-state index in [2.05, 4.69) is 36.1 Å². The summed E-state index contributed by atoms with van der Waals surface area (Å²) in [6.07, 6.45) is 1.58. The van der Waals surface area contributed by atoms with Gasteiger partial charge in [-0.15, -0.1) is 16.4 Å². The van der Waals surface area contributed by atoms with Crippen molar-refractivity contribution in [1.29, 1.82) is 0 Å². The summed E-state index contributed by atoms with van der Waals surface area (Å²) < 4.78 is 7.95. The molecule has 34 heavy (non-hydrogen) atoms. The monoisotopic (exact) mass is 491 g/mol. The number of fused-ring (bicyclic) bond motifs is 1. The number of carbonyl (C=O) groups is 1. The molecular formula is C21H17N9O2S2. The molecule has 0 radical (unpaired) electrons. The Morgan fingerprint density at radius 3 is 2.85 bits per heavy atom. The Bertz CT molecular complexity index is 1470. The van der Waals surface area contributed by atoms with E-state index in [0.29, 0.717) is 11.4 Å². The van der Waals surface area contributed by atoms with Gasteiger partial charge in [-0.3, -0.25) is 4.79 Å². The van der Waals surface area contributed by atoms with Gasteiger partial charge in [-0.25, -0.2) is 15.0 Å². The zero-order valence-corrected chi connectivity index (χ0v) is 19.4. The van der Waals surface area contributed by atoms with E-state index in [4.69, 9.17) is 10.4 Å². The number of aryl methyl sites for hydroxylation is 1. The number of para-hydroxylation sites is 1. The number of hydrazone groups is 1. The fraction of sp³-hybridized carbons (Fsp3) is 0.0952. The number of hydrogen-bond donors (Lipinski definition) is 2. The number of nitrogen functional groups attached to an aromatic ring is 1. The van der Waals surface area contributed by atoms with E-state index < -0.39 is 5.91 Å². The number of amides is 1. The molecule has 3 heterocycles. The molecule has 13 heteroatoms. The number of benzene rings is 2. The summed E-state index contributed by atoms with van der Waals surface area (Å²) in [4.78, 5) is 17.5. The number of thioether (sulfide) groups is 1. The van der Waals surface area contributed by atoms with Crippen LogP contribution in [0, 0.1) is 6.92 Å². The maximum absolute atomic E-state index is 12.9. The summed E-state index contributed by atoms with van der Waals surface area (Å²) in [5, 5.41) is 19.5. The van der Waals surface area contributed by atoms with Crippen molar-refractivity contribution in [2.75, 3.05) is 5.73 Å². The topological polar surface area (TPSA) is 150 Å². The molecule has 170 valence electrons. The highest BCUT2D eigenvalue weighted by Crippen LogP contribution is 2.32. The smallest absolute Gasteiger partial charge is 0.293 e. The highest BCUT2D eigenvalue weighted by Gasteiger charge is 2.24. The van der Waals surface area contributed by atoms with Crippen molar-refractivity contribution in [3.05, 3.63) is 71.0 Å². The van der Waals surface area contributed by atoms with E-state index in [1.165, 1.54) is 16.4 Å². The van der Waals surface area contributed by atoms with Crippen LogP contribution in [0.4, 0.5) is 5.82 Å². The summed E-state index contributed by atoms with van der Waals surface area (Å²) in [5.74, 6) is -0.0230. The van der Waals surface area contributed by atoms with Gasteiger partial charge in [-0.2, -0.15) is 9.78 Å². The molecule has 0 bridgehead atoms. The highest BCUT2D eigenvalue weighted by atomic mass is 32.2. The minimum Gasteiger partial charge on any atom is -0.378 e. The number of rotatable bonds is 7. The van der Waals surface area contributed by atoms with Crippen LogP contribution < -0.4 is 11.2 Å². The molecule has 0 atom stereocenters. The SMILES string of the molecule is Cc1ccccc1C=NNC(=O)c1nnn(-c2nonc2N)c1CSc1nc2ccccc2s1. The molecule has 1 amide bonds. The van der Waals surface area contributed by atoms with Gasteiger partial charge in [0, 0.05) is 5.75 Å². The second-order valence-corrected chi connectivity index (χ2v) is 9.31. The van der Waals surface area contributed by atoms with Gasteiger partial charge in [0.2, 0.25) is 11.6 Å². The maximum Gasteiger partial charge on any atom is 0.293 e. The third kappa shape index (κ3) is 4.38. The molecule has 0 saturated carbocycles. The van der Waals surface area contributed by atoms with E-state index in [9.17, 15) is 4.79 Å². The maximum atomic E-state index is 12.9. The van der Waals surface area contributed by atoms with Crippen LogP contribution in [0.15, 0.2) is 62.6 Å². The molecule has 0 aliphatic rings. The standard InChI is InChI=1S/C21H17N9O2S2/c1-12-6-2-3-7-13(12)10-23-26-20(31)17-15(30(29-25-17)19-18(22)27-32-28-19)11-33-21-24-14-8-4-5-9-16(14)34-21/h2-10H,11H2,1H3,(H2,22,27)(H,26,31). The number of carbonyl (C=O) groups excluding carboxylic acids is 1. The van der Waals surface area contributed by atoms with Crippen molar-refractivity contribution in [3.8, 4) is 5.82 Å². The van der Waals surface area contributed by atoms with Gasteiger partial charge in [0.1, 0.15) is 0 Å². The van der Waals surface area contributed by atoms with Crippen molar-refractivity contribution in [1.82, 2.24) is 35.7 Å². The van der Waals surface area contributed by atoms with Crippen LogP contribution in [0.1, 0.15) is 27.3 Å². The minimum absolute atomic E-state index is 0.0284. The lowest BCUT2D eigenvalue weighted by atomic mass is 10.1. The first kappa shape index (κ1) is 21.7. The molecule has 0 fully saturated rings. The molecule has 11 nitrogen and oxygen atoms in total. The molecule has 0 aliphatic heterocycles. The van der Waals surface area contributed by atoms with E-state index in [-0.39, 0.29) is 17.3 Å². The van der Waals surface area contributed by atoms with Crippen LogP contribution in [0.2, 0.25) is 0 Å². The molecule has 5 rings (SSSR count). The van der Waals surface area contributed by atoms with Crippen molar-refractivity contribution >= 4 is 51.3 Å². The number of nitrogens with two attached hydrogens (primary N) is 1. The van der Waals surface area contributed by atoms with Gasteiger partial charge >= 0.3 is 0 Å². The van der Waals surface area contributed by atoms with Gasteiger partial charge in [-0.05, 0) is 40.5 Å². The second kappa shape index (κ2) is 9.41. The Balaban J connectivity index is 1.41. The Morgan fingerprint density at radius 2 is 2.06 bits per heavy atom. The summed E-state index contributed by atoms with van der Waals surface area (Å²) >= 11 is 3.00. The Hall–Kier alpha value is -4.10. The molecular weight excluding hydrogens is 474 g/mol. The van der Waals surface area contributed by atoms with Gasteiger partial charge in [0.25, 0.3) is 5.91 Å². The average molecular weight is 492 g/mol. The minimum atomic E-state index is -0.522. The molecule has 3 N–H and O–H groups in total. The fourth-order valence-corrected chi connectivity index (χ4v) is 5.16. The molecule has 3 aromatic heterocycles. The number of aromatic nitrogens is 6. The largest absolute Gasteiger partial charge is 0.378 e. The first-order chi connectivity index (χ1) is 16.6. The number of nitrogens with zero attached hydrogens (tertiary/aromatic N) is 7. The number of hydrogen-bond acceptors (Lipinski definition) is 11. The average Bonchev–Trinajstić information content (AvgIpc) is 3.56. The van der Waals surface area contributed by atoms with Crippen LogP contribution in [0.25, 0.3) is 16.0 Å². The van der Waals surface area contributed by atoms with Gasteiger partial charge < -0.3 is 5.73 Å². The van der Waals surface area contributed by atoms with Gasteiger partial charge in [0.05, 0.1) is 22.1 Å². The Labute approximate surface area is 201 Å². The van der Waals surface area contributed by atoms with Crippen LogP contribution in [0.3, 0.4) is 0 Å². The van der Waals surface area contributed by atoms with Crippen molar-refractivity contribution in [2.45, 2.75) is 17.0 Å². The Kier molecular flexibility index (Phi) is 6.01. The summed E-state index contributed by atoms with van der Waals surface area (Å²) in [6.45, 7) is 1.96. The van der Waals surface area contributed by atoms with Gasteiger partial charge in [-0.1, -0.05) is 53.4 Å². The summed E-state index contributed by atoms with van der Waals surface area (Å²) in [6, 6.07) is 15.6. The Morgan fingerprint density at radius 1 is 1.24 bits per heavy atom. The van der Waals surface area contributed by atoms with E-state index >= 15 is 0 Å². The fourth-order valence-electron chi connectivity index (χ4n) is 3.10. The molecule has 0 aliphatic carbocycles. The second-order valence-electron chi connectivity index (χ2n) is 7.06. The zero-order chi connectivity index (χ0) is 23.5. The predicted octanol–water partition coefficient (Wildman–Crippen LogP) is 3.21. The van der Waals surface area contributed by atoms with Crippen LogP contribution >= 0.6 is 23.1 Å².